The molecule has 0 spiro atoms. The SMILES string of the molecule is CCOC(=O)Cn1ccc2ccnc(-c3cccc(OC)c3)c21. The normalized spacial score (nSPS) is 10.7. The molecule has 0 bridgehead atoms. The van der Waals surface area contributed by atoms with Crippen molar-refractivity contribution in [2.75, 3.05) is 13.7 Å². The summed E-state index contributed by atoms with van der Waals surface area (Å²) >= 11 is 0. The standard InChI is InChI=1S/C18H18N2O3/c1-3-23-16(21)12-20-10-8-13-7-9-19-17(18(13)20)14-5-4-6-15(11-14)22-2/h4-11H,3,12H2,1-2H3. The molecule has 1 aromatic carbocycles. The third kappa shape index (κ3) is 3.04. The van der Waals surface area contributed by atoms with Crippen molar-refractivity contribution in [3.05, 3.63) is 48.8 Å². The molecule has 2 heterocycles. The molecule has 2 aromatic heterocycles. The van der Waals surface area contributed by atoms with Gasteiger partial charge >= 0.3 is 5.97 Å². The Balaban J connectivity index is 2.09. The van der Waals surface area contributed by atoms with Gasteiger partial charge in [-0.25, -0.2) is 0 Å². The fraction of sp³-hybridized carbons (Fsp3) is 0.222. The van der Waals surface area contributed by atoms with Crippen LogP contribution in [0.3, 0.4) is 0 Å². The zero-order chi connectivity index (χ0) is 16.2. The molecule has 0 amide bonds. The first kappa shape index (κ1) is 15.1. The minimum Gasteiger partial charge on any atom is -0.497 e. The molecular formula is C18H18N2O3. The maximum absolute atomic E-state index is 11.8. The Morgan fingerprint density at radius 3 is 2.91 bits per heavy atom. The topological polar surface area (TPSA) is 53.4 Å². The highest BCUT2D eigenvalue weighted by atomic mass is 16.5. The third-order valence-corrected chi connectivity index (χ3v) is 3.62. The zero-order valence-corrected chi connectivity index (χ0v) is 13.2. The molecule has 3 rings (SSSR count). The van der Waals surface area contributed by atoms with Crippen molar-refractivity contribution in [3.8, 4) is 17.0 Å². The van der Waals surface area contributed by atoms with Gasteiger partial charge in [-0.3, -0.25) is 9.78 Å². The lowest BCUT2D eigenvalue weighted by molar-refractivity contribution is -0.143. The van der Waals surface area contributed by atoms with Crippen molar-refractivity contribution in [3.63, 3.8) is 0 Å². The molecule has 0 radical (unpaired) electrons. The number of ether oxygens (including phenoxy) is 2. The summed E-state index contributed by atoms with van der Waals surface area (Å²) in [6, 6.07) is 11.6. The van der Waals surface area contributed by atoms with E-state index in [0.717, 1.165) is 27.9 Å². The molecule has 0 aliphatic carbocycles. The van der Waals surface area contributed by atoms with Gasteiger partial charge in [0, 0.05) is 23.3 Å². The number of aromatic nitrogens is 2. The second kappa shape index (κ2) is 6.52. The van der Waals surface area contributed by atoms with Gasteiger partial charge in [0.25, 0.3) is 0 Å². The van der Waals surface area contributed by atoms with E-state index in [1.807, 2.05) is 47.2 Å². The van der Waals surface area contributed by atoms with Crippen LogP contribution in [0.1, 0.15) is 6.92 Å². The van der Waals surface area contributed by atoms with Crippen LogP contribution in [0.25, 0.3) is 22.2 Å². The van der Waals surface area contributed by atoms with Crippen molar-refractivity contribution < 1.29 is 14.3 Å². The highest BCUT2D eigenvalue weighted by molar-refractivity contribution is 5.93. The predicted molar refractivity (Wildman–Crippen MR) is 88.4 cm³/mol. The van der Waals surface area contributed by atoms with Crippen LogP contribution in [0.5, 0.6) is 5.75 Å². The molecule has 118 valence electrons. The second-order valence-corrected chi connectivity index (χ2v) is 5.08. The number of rotatable bonds is 5. The van der Waals surface area contributed by atoms with Gasteiger partial charge in [0.15, 0.2) is 0 Å². The van der Waals surface area contributed by atoms with Gasteiger partial charge in [-0.15, -0.1) is 0 Å². The number of benzene rings is 1. The van der Waals surface area contributed by atoms with Crippen molar-refractivity contribution in [1.82, 2.24) is 9.55 Å². The monoisotopic (exact) mass is 310 g/mol. The fourth-order valence-electron chi connectivity index (χ4n) is 2.61. The summed E-state index contributed by atoms with van der Waals surface area (Å²) in [6.07, 6.45) is 3.65. The summed E-state index contributed by atoms with van der Waals surface area (Å²) in [5, 5.41) is 1.03. The maximum Gasteiger partial charge on any atom is 0.325 e. The molecule has 0 aliphatic rings. The maximum atomic E-state index is 11.8. The molecule has 0 unspecified atom stereocenters. The number of pyridine rings is 1. The molecule has 0 atom stereocenters. The van der Waals surface area contributed by atoms with Crippen molar-refractivity contribution in [1.29, 1.82) is 0 Å². The Morgan fingerprint density at radius 2 is 2.13 bits per heavy atom. The van der Waals surface area contributed by atoms with E-state index < -0.39 is 0 Å². The Hall–Kier alpha value is -2.82. The fourth-order valence-corrected chi connectivity index (χ4v) is 2.61. The van der Waals surface area contributed by atoms with Gasteiger partial charge in [-0.05, 0) is 31.2 Å². The van der Waals surface area contributed by atoms with E-state index in [0.29, 0.717) is 6.61 Å². The van der Waals surface area contributed by atoms with Crippen LogP contribution in [0.15, 0.2) is 48.8 Å². The molecule has 0 saturated heterocycles. The highest BCUT2D eigenvalue weighted by Gasteiger charge is 2.13. The Kier molecular flexibility index (Phi) is 4.28. The largest absolute Gasteiger partial charge is 0.497 e. The number of nitrogens with zero attached hydrogens (tertiary/aromatic N) is 2. The van der Waals surface area contributed by atoms with Gasteiger partial charge in [0.2, 0.25) is 0 Å². The number of carbonyl (C=O) groups is 1. The van der Waals surface area contributed by atoms with E-state index in [-0.39, 0.29) is 12.5 Å². The van der Waals surface area contributed by atoms with Crippen LogP contribution in [0, 0.1) is 0 Å². The third-order valence-electron chi connectivity index (χ3n) is 3.62. The second-order valence-electron chi connectivity index (χ2n) is 5.08. The van der Waals surface area contributed by atoms with E-state index in [1.54, 1.807) is 20.2 Å². The lowest BCUT2D eigenvalue weighted by atomic mass is 10.1. The van der Waals surface area contributed by atoms with Crippen LogP contribution in [0.2, 0.25) is 0 Å². The average molecular weight is 310 g/mol. The molecule has 5 heteroatoms. The van der Waals surface area contributed by atoms with E-state index in [9.17, 15) is 4.79 Å². The van der Waals surface area contributed by atoms with E-state index in [4.69, 9.17) is 9.47 Å². The summed E-state index contributed by atoms with van der Waals surface area (Å²) in [4.78, 5) is 16.3. The molecule has 5 nitrogen and oxygen atoms in total. The average Bonchev–Trinajstić information content (AvgIpc) is 2.98. The molecule has 0 fully saturated rings. The highest BCUT2D eigenvalue weighted by Crippen LogP contribution is 2.29. The molecule has 3 aromatic rings. The molecule has 0 N–H and O–H groups in total. The number of carbonyl (C=O) groups excluding carboxylic acids is 1. The number of hydrogen-bond donors (Lipinski definition) is 0. The van der Waals surface area contributed by atoms with Crippen LogP contribution >= 0.6 is 0 Å². The summed E-state index contributed by atoms with van der Waals surface area (Å²) in [5.74, 6) is 0.509. The van der Waals surface area contributed by atoms with Gasteiger partial charge in [0.1, 0.15) is 12.3 Å². The zero-order valence-electron chi connectivity index (χ0n) is 13.2. The molecular weight excluding hydrogens is 292 g/mol. The number of esters is 1. The first-order chi connectivity index (χ1) is 11.2. The smallest absolute Gasteiger partial charge is 0.325 e. The first-order valence-corrected chi connectivity index (χ1v) is 7.47. The quantitative estimate of drug-likeness (QED) is 0.679. The Bertz CT molecular complexity index is 839. The van der Waals surface area contributed by atoms with Gasteiger partial charge in [0.05, 0.1) is 24.9 Å². The Labute approximate surface area is 134 Å². The molecule has 23 heavy (non-hydrogen) atoms. The molecule has 0 saturated carbocycles. The van der Waals surface area contributed by atoms with Gasteiger partial charge in [-0.2, -0.15) is 0 Å². The van der Waals surface area contributed by atoms with Crippen LogP contribution in [-0.2, 0) is 16.1 Å². The molecule has 0 aliphatic heterocycles. The summed E-state index contributed by atoms with van der Waals surface area (Å²) in [6.45, 7) is 2.34. The minimum absolute atomic E-state index is 0.167. The summed E-state index contributed by atoms with van der Waals surface area (Å²) in [5.41, 5.74) is 2.67. The number of methoxy groups -OCH3 is 1. The van der Waals surface area contributed by atoms with Crippen molar-refractivity contribution in [2.24, 2.45) is 0 Å². The summed E-state index contributed by atoms with van der Waals surface area (Å²) < 4.78 is 12.2. The van der Waals surface area contributed by atoms with E-state index in [1.165, 1.54) is 0 Å². The van der Waals surface area contributed by atoms with E-state index in [2.05, 4.69) is 4.98 Å². The number of fused-ring (bicyclic) bond motifs is 1. The summed E-state index contributed by atoms with van der Waals surface area (Å²) in [7, 11) is 1.64. The van der Waals surface area contributed by atoms with Crippen molar-refractivity contribution in [2.45, 2.75) is 13.5 Å². The van der Waals surface area contributed by atoms with Crippen LogP contribution < -0.4 is 4.74 Å². The van der Waals surface area contributed by atoms with Crippen molar-refractivity contribution >= 4 is 16.9 Å². The lowest BCUT2D eigenvalue weighted by Gasteiger charge is -2.10. The van der Waals surface area contributed by atoms with Crippen LogP contribution in [-0.4, -0.2) is 29.2 Å². The van der Waals surface area contributed by atoms with Gasteiger partial charge < -0.3 is 14.0 Å². The lowest BCUT2D eigenvalue weighted by Crippen LogP contribution is -2.13. The Morgan fingerprint density at radius 1 is 1.26 bits per heavy atom. The number of hydrogen-bond acceptors (Lipinski definition) is 4. The van der Waals surface area contributed by atoms with E-state index >= 15 is 0 Å². The predicted octanol–water partition coefficient (Wildman–Crippen LogP) is 3.28. The first-order valence-electron chi connectivity index (χ1n) is 7.47. The van der Waals surface area contributed by atoms with Crippen LogP contribution in [0.4, 0.5) is 0 Å². The van der Waals surface area contributed by atoms with Gasteiger partial charge in [-0.1, -0.05) is 12.1 Å². The minimum atomic E-state index is -0.259.